The number of urea groups is 1. The third kappa shape index (κ3) is 3.91. The van der Waals surface area contributed by atoms with Gasteiger partial charge in [0.25, 0.3) is 0 Å². The SMILES string of the molecule is C=CCN(Cc1cccn1C)C(=O)Nc1cccc(OC)c1. The first-order chi connectivity index (χ1) is 10.6. The Kier molecular flexibility index (Phi) is 5.25. The van der Waals surface area contributed by atoms with Crippen LogP contribution < -0.4 is 10.1 Å². The Hall–Kier alpha value is -2.69. The Balaban J connectivity index is 2.08. The minimum Gasteiger partial charge on any atom is -0.497 e. The van der Waals surface area contributed by atoms with Crippen LogP contribution in [0.3, 0.4) is 0 Å². The van der Waals surface area contributed by atoms with Crippen LogP contribution in [0.5, 0.6) is 5.75 Å². The number of benzene rings is 1. The summed E-state index contributed by atoms with van der Waals surface area (Å²) in [4.78, 5) is 14.2. The third-order valence-electron chi connectivity index (χ3n) is 3.36. The molecule has 116 valence electrons. The van der Waals surface area contributed by atoms with E-state index in [4.69, 9.17) is 4.74 Å². The minimum atomic E-state index is -0.172. The van der Waals surface area contributed by atoms with Gasteiger partial charge >= 0.3 is 6.03 Å². The van der Waals surface area contributed by atoms with E-state index in [0.717, 1.165) is 5.69 Å². The van der Waals surface area contributed by atoms with Gasteiger partial charge in [-0.05, 0) is 24.3 Å². The second-order valence-corrected chi connectivity index (χ2v) is 4.94. The molecular formula is C17H21N3O2. The van der Waals surface area contributed by atoms with Crippen molar-refractivity contribution in [1.29, 1.82) is 0 Å². The number of aromatic nitrogens is 1. The van der Waals surface area contributed by atoms with Crippen LogP contribution >= 0.6 is 0 Å². The van der Waals surface area contributed by atoms with Crippen LogP contribution in [0.2, 0.25) is 0 Å². The molecule has 0 atom stereocenters. The molecule has 2 aromatic rings. The highest BCUT2D eigenvalue weighted by Crippen LogP contribution is 2.17. The predicted molar refractivity (Wildman–Crippen MR) is 88.0 cm³/mol. The Bertz CT molecular complexity index is 649. The Morgan fingerprint density at radius 3 is 2.86 bits per heavy atom. The highest BCUT2D eigenvalue weighted by atomic mass is 16.5. The zero-order valence-corrected chi connectivity index (χ0v) is 13.0. The number of carbonyl (C=O) groups excluding carboxylic acids is 1. The number of hydrogen-bond acceptors (Lipinski definition) is 2. The predicted octanol–water partition coefficient (Wildman–Crippen LogP) is 3.25. The van der Waals surface area contributed by atoms with Crippen molar-refractivity contribution in [2.24, 2.45) is 7.05 Å². The maximum atomic E-state index is 12.5. The topological polar surface area (TPSA) is 46.5 Å². The first-order valence-electron chi connectivity index (χ1n) is 7.05. The van der Waals surface area contributed by atoms with Crippen molar-refractivity contribution in [3.05, 3.63) is 60.9 Å². The third-order valence-corrected chi connectivity index (χ3v) is 3.36. The van der Waals surface area contributed by atoms with Crippen LogP contribution in [0.4, 0.5) is 10.5 Å². The van der Waals surface area contributed by atoms with Crippen molar-refractivity contribution in [2.45, 2.75) is 6.54 Å². The van der Waals surface area contributed by atoms with Crippen molar-refractivity contribution in [2.75, 3.05) is 19.0 Å². The fraction of sp³-hybridized carbons (Fsp3) is 0.235. The Morgan fingerprint density at radius 1 is 1.41 bits per heavy atom. The number of nitrogens with one attached hydrogen (secondary N) is 1. The average Bonchev–Trinajstić information content (AvgIpc) is 2.92. The number of amides is 2. The number of ether oxygens (including phenoxy) is 1. The molecule has 1 aromatic carbocycles. The smallest absolute Gasteiger partial charge is 0.322 e. The van der Waals surface area contributed by atoms with Crippen molar-refractivity contribution in [1.82, 2.24) is 9.47 Å². The van der Waals surface area contributed by atoms with Crippen molar-refractivity contribution in [3.8, 4) is 5.75 Å². The van der Waals surface area contributed by atoms with Crippen molar-refractivity contribution >= 4 is 11.7 Å². The molecule has 0 fully saturated rings. The Morgan fingerprint density at radius 2 is 2.23 bits per heavy atom. The average molecular weight is 299 g/mol. The van der Waals surface area contributed by atoms with Gasteiger partial charge < -0.3 is 19.5 Å². The Labute approximate surface area is 130 Å². The zero-order valence-electron chi connectivity index (χ0n) is 13.0. The first kappa shape index (κ1) is 15.7. The lowest BCUT2D eigenvalue weighted by atomic mass is 10.3. The van der Waals surface area contributed by atoms with Gasteiger partial charge in [-0.15, -0.1) is 6.58 Å². The number of nitrogens with zero attached hydrogens (tertiary/aromatic N) is 2. The van der Waals surface area contributed by atoms with Crippen LogP contribution in [-0.4, -0.2) is 29.2 Å². The molecule has 1 N–H and O–H groups in total. The second-order valence-electron chi connectivity index (χ2n) is 4.94. The quantitative estimate of drug-likeness (QED) is 0.832. The second kappa shape index (κ2) is 7.36. The molecule has 0 saturated heterocycles. The number of aryl methyl sites for hydroxylation is 1. The molecular weight excluding hydrogens is 278 g/mol. The summed E-state index contributed by atoms with van der Waals surface area (Å²) in [6, 6.07) is 11.1. The zero-order chi connectivity index (χ0) is 15.9. The summed E-state index contributed by atoms with van der Waals surface area (Å²) in [5.41, 5.74) is 1.76. The highest BCUT2D eigenvalue weighted by molar-refractivity contribution is 5.89. The fourth-order valence-electron chi connectivity index (χ4n) is 2.13. The van der Waals surface area contributed by atoms with Gasteiger partial charge in [-0.2, -0.15) is 0 Å². The van der Waals surface area contributed by atoms with E-state index >= 15 is 0 Å². The van der Waals surface area contributed by atoms with Gasteiger partial charge in [0, 0.05) is 37.2 Å². The molecule has 0 unspecified atom stereocenters. The van der Waals surface area contributed by atoms with Gasteiger partial charge in [0.2, 0.25) is 0 Å². The molecule has 2 rings (SSSR count). The summed E-state index contributed by atoms with van der Waals surface area (Å²) in [5, 5.41) is 2.88. The molecule has 0 bridgehead atoms. The van der Waals surface area contributed by atoms with E-state index in [1.165, 1.54) is 0 Å². The molecule has 0 aliphatic rings. The molecule has 0 saturated carbocycles. The standard InChI is InChI=1S/C17H21N3O2/c1-4-10-20(13-15-8-6-11-19(15)2)17(21)18-14-7-5-9-16(12-14)22-3/h4-9,11-12H,1,10,13H2,2-3H3,(H,18,21). The highest BCUT2D eigenvalue weighted by Gasteiger charge is 2.14. The molecule has 1 aromatic heterocycles. The number of rotatable bonds is 6. The monoisotopic (exact) mass is 299 g/mol. The molecule has 2 amide bonds. The van der Waals surface area contributed by atoms with Gasteiger partial charge in [-0.3, -0.25) is 0 Å². The summed E-state index contributed by atoms with van der Waals surface area (Å²) < 4.78 is 7.16. The summed E-state index contributed by atoms with van der Waals surface area (Å²) in [7, 11) is 3.56. The summed E-state index contributed by atoms with van der Waals surface area (Å²) in [5.74, 6) is 0.704. The normalized spacial score (nSPS) is 10.1. The maximum absolute atomic E-state index is 12.5. The summed E-state index contributed by atoms with van der Waals surface area (Å²) in [6.07, 6.45) is 3.68. The van der Waals surface area contributed by atoms with E-state index in [-0.39, 0.29) is 6.03 Å². The number of hydrogen-bond donors (Lipinski definition) is 1. The molecule has 0 spiro atoms. The van der Waals surface area contributed by atoms with Crippen LogP contribution in [0, 0.1) is 0 Å². The molecule has 22 heavy (non-hydrogen) atoms. The molecule has 5 nitrogen and oxygen atoms in total. The van der Waals surface area contributed by atoms with Crippen molar-refractivity contribution in [3.63, 3.8) is 0 Å². The van der Waals surface area contributed by atoms with E-state index in [1.807, 2.05) is 48.1 Å². The largest absolute Gasteiger partial charge is 0.497 e. The fourth-order valence-corrected chi connectivity index (χ4v) is 2.13. The lowest BCUT2D eigenvalue weighted by Gasteiger charge is -2.22. The van der Waals surface area contributed by atoms with Crippen LogP contribution in [0.25, 0.3) is 0 Å². The van der Waals surface area contributed by atoms with E-state index < -0.39 is 0 Å². The van der Waals surface area contributed by atoms with Gasteiger partial charge in [0.05, 0.1) is 13.7 Å². The van der Waals surface area contributed by atoms with Gasteiger partial charge in [-0.25, -0.2) is 4.79 Å². The van der Waals surface area contributed by atoms with Crippen LogP contribution in [-0.2, 0) is 13.6 Å². The summed E-state index contributed by atoms with van der Waals surface area (Å²) >= 11 is 0. The first-order valence-corrected chi connectivity index (χ1v) is 7.05. The lowest BCUT2D eigenvalue weighted by molar-refractivity contribution is 0.214. The summed E-state index contributed by atoms with van der Waals surface area (Å²) in [6.45, 7) is 4.71. The van der Waals surface area contributed by atoms with Crippen LogP contribution in [0.1, 0.15) is 5.69 Å². The van der Waals surface area contributed by atoms with Gasteiger partial charge in [-0.1, -0.05) is 12.1 Å². The van der Waals surface area contributed by atoms with E-state index in [2.05, 4.69) is 11.9 Å². The van der Waals surface area contributed by atoms with E-state index in [9.17, 15) is 4.79 Å². The van der Waals surface area contributed by atoms with Crippen molar-refractivity contribution < 1.29 is 9.53 Å². The number of methoxy groups -OCH3 is 1. The molecule has 1 heterocycles. The molecule has 0 radical (unpaired) electrons. The van der Waals surface area contributed by atoms with Gasteiger partial charge in [0.15, 0.2) is 0 Å². The number of anilines is 1. The van der Waals surface area contributed by atoms with E-state index in [1.54, 1.807) is 24.2 Å². The molecule has 5 heteroatoms. The van der Waals surface area contributed by atoms with E-state index in [0.29, 0.717) is 24.5 Å². The molecule has 0 aliphatic heterocycles. The van der Waals surface area contributed by atoms with Crippen LogP contribution in [0.15, 0.2) is 55.3 Å². The molecule has 0 aliphatic carbocycles. The maximum Gasteiger partial charge on any atom is 0.322 e. The lowest BCUT2D eigenvalue weighted by Crippen LogP contribution is -2.35. The minimum absolute atomic E-state index is 0.172. The van der Waals surface area contributed by atoms with Gasteiger partial charge in [0.1, 0.15) is 5.75 Å². The number of carbonyl (C=O) groups is 1.